The van der Waals surface area contributed by atoms with Crippen LogP contribution in [0.3, 0.4) is 0 Å². The quantitative estimate of drug-likeness (QED) is 0.0199. The van der Waals surface area contributed by atoms with E-state index in [9.17, 15) is 14.4 Å². The van der Waals surface area contributed by atoms with Gasteiger partial charge in [0, 0.05) is 19.3 Å². The number of hydrogen-bond donors (Lipinski definition) is 0. The zero-order valence-electron chi connectivity index (χ0n) is 42.6. The van der Waals surface area contributed by atoms with Gasteiger partial charge in [0.15, 0.2) is 6.10 Å². The molecule has 0 saturated heterocycles. The molecule has 0 aromatic carbocycles. The summed E-state index contributed by atoms with van der Waals surface area (Å²) in [5.41, 5.74) is 0. The van der Waals surface area contributed by atoms with Crippen molar-refractivity contribution in [2.75, 3.05) is 13.2 Å². The number of hydrogen-bond acceptors (Lipinski definition) is 6. The molecule has 6 nitrogen and oxygen atoms in total. The Hall–Kier alpha value is -2.63. The van der Waals surface area contributed by atoms with E-state index in [0.29, 0.717) is 19.3 Å². The van der Waals surface area contributed by atoms with Crippen LogP contribution in [0.1, 0.15) is 284 Å². The lowest BCUT2D eigenvalue weighted by atomic mass is 10.1. The van der Waals surface area contributed by atoms with Gasteiger partial charge in [-0.05, 0) is 96.3 Å². The van der Waals surface area contributed by atoms with E-state index in [1.54, 1.807) is 0 Å². The van der Waals surface area contributed by atoms with E-state index in [-0.39, 0.29) is 31.1 Å². The normalized spacial score (nSPS) is 12.4. The smallest absolute Gasteiger partial charge is 0.306 e. The van der Waals surface area contributed by atoms with Crippen molar-refractivity contribution in [2.45, 2.75) is 290 Å². The standard InChI is InChI=1S/C58H104O6/c1-4-7-10-13-16-19-22-25-27-29-30-32-33-36-39-42-45-48-51-57(60)63-54-55(53-62-56(59)50-47-44-41-38-35-24-21-18-15-12-9-6-3)64-58(61)52-49-46-43-40-37-34-31-28-26-23-20-17-14-11-8-5-2/h18,21,27-32,55H,4-17,19-20,22-26,33-54H2,1-3H3/b21-18-,29-27-,31-28-,32-30-. The van der Waals surface area contributed by atoms with Crippen molar-refractivity contribution in [3.05, 3.63) is 48.6 Å². The Morgan fingerprint density at radius 2 is 0.562 bits per heavy atom. The predicted octanol–water partition coefficient (Wildman–Crippen LogP) is 18.3. The second-order valence-electron chi connectivity index (χ2n) is 18.5. The zero-order chi connectivity index (χ0) is 46.5. The van der Waals surface area contributed by atoms with Crippen molar-refractivity contribution in [1.82, 2.24) is 0 Å². The van der Waals surface area contributed by atoms with Crippen LogP contribution in [0.2, 0.25) is 0 Å². The van der Waals surface area contributed by atoms with Crippen LogP contribution in [0.25, 0.3) is 0 Å². The summed E-state index contributed by atoms with van der Waals surface area (Å²) in [7, 11) is 0. The molecule has 0 aromatic heterocycles. The van der Waals surface area contributed by atoms with Crippen LogP contribution in [0, 0.1) is 0 Å². The van der Waals surface area contributed by atoms with Crippen molar-refractivity contribution in [3.63, 3.8) is 0 Å². The SMILES string of the molecule is CCCCC/C=C\CCCCCCCC(=O)OCC(COC(=O)CCCCCCC/C=C\C=C/CCCCCCCCC)OC(=O)CCCCCCC/C=C\CCCCCCCCC. The molecule has 64 heavy (non-hydrogen) atoms. The lowest BCUT2D eigenvalue weighted by Crippen LogP contribution is -2.30. The number of ether oxygens (including phenoxy) is 3. The molecular formula is C58H104O6. The number of esters is 3. The molecule has 0 spiro atoms. The third-order valence-corrected chi connectivity index (χ3v) is 12.1. The predicted molar refractivity (Wildman–Crippen MR) is 275 cm³/mol. The summed E-state index contributed by atoms with van der Waals surface area (Å²) in [5.74, 6) is -0.908. The maximum Gasteiger partial charge on any atom is 0.306 e. The highest BCUT2D eigenvalue weighted by Crippen LogP contribution is 2.14. The number of carbonyl (C=O) groups excluding carboxylic acids is 3. The minimum atomic E-state index is -0.786. The Morgan fingerprint density at radius 3 is 0.906 bits per heavy atom. The van der Waals surface area contributed by atoms with E-state index in [0.717, 1.165) is 96.3 Å². The van der Waals surface area contributed by atoms with Gasteiger partial charge in [-0.15, -0.1) is 0 Å². The van der Waals surface area contributed by atoms with Crippen LogP contribution in [-0.4, -0.2) is 37.2 Å². The molecule has 0 saturated carbocycles. The van der Waals surface area contributed by atoms with Gasteiger partial charge in [0.05, 0.1) is 0 Å². The molecule has 0 radical (unpaired) electrons. The molecule has 0 rings (SSSR count). The Bertz CT molecular complexity index is 1120. The molecule has 0 aromatic rings. The lowest BCUT2D eigenvalue weighted by Gasteiger charge is -2.18. The molecule has 0 amide bonds. The topological polar surface area (TPSA) is 78.9 Å². The molecule has 0 heterocycles. The summed E-state index contributed by atoms with van der Waals surface area (Å²) >= 11 is 0. The molecule has 1 unspecified atom stereocenters. The van der Waals surface area contributed by atoms with Crippen LogP contribution in [0.15, 0.2) is 48.6 Å². The van der Waals surface area contributed by atoms with E-state index in [1.165, 1.54) is 148 Å². The first-order valence-electron chi connectivity index (χ1n) is 27.7. The van der Waals surface area contributed by atoms with E-state index in [2.05, 4.69) is 69.4 Å². The van der Waals surface area contributed by atoms with Gasteiger partial charge in [0.2, 0.25) is 0 Å². The van der Waals surface area contributed by atoms with E-state index < -0.39 is 6.10 Å². The first-order valence-corrected chi connectivity index (χ1v) is 27.7. The van der Waals surface area contributed by atoms with E-state index >= 15 is 0 Å². The van der Waals surface area contributed by atoms with E-state index in [1.807, 2.05) is 0 Å². The number of rotatable bonds is 50. The fraction of sp³-hybridized carbons (Fsp3) is 0.810. The molecule has 1 atom stereocenters. The maximum atomic E-state index is 12.8. The number of allylic oxidation sites excluding steroid dienone is 8. The average Bonchev–Trinajstić information content (AvgIpc) is 3.29. The van der Waals surface area contributed by atoms with Crippen LogP contribution in [0.4, 0.5) is 0 Å². The van der Waals surface area contributed by atoms with E-state index in [4.69, 9.17) is 14.2 Å². The van der Waals surface area contributed by atoms with Crippen molar-refractivity contribution in [2.24, 2.45) is 0 Å². The Labute approximate surface area is 397 Å². The van der Waals surface area contributed by atoms with Crippen molar-refractivity contribution < 1.29 is 28.6 Å². The lowest BCUT2D eigenvalue weighted by molar-refractivity contribution is -0.167. The summed E-state index contributed by atoms with van der Waals surface area (Å²) in [6, 6.07) is 0. The molecule has 0 N–H and O–H groups in total. The Kier molecular flexibility index (Phi) is 50.8. The van der Waals surface area contributed by atoms with Crippen LogP contribution in [-0.2, 0) is 28.6 Å². The molecule has 372 valence electrons. The third kappa shape index (κ3) is 50.4. The van der Waals surface area contributed by atoms with Gasteiger partial charge >= 0.3 is 17.9 Å². The highest BCUT2D eigenvalue weighted by molar-refractivity contribution is 5.71. The van der Waals surface area contributed by atoms with Crippen LogP contribution in [0.5, 0.6) is 0 Å². The van der Waals surface area contributed by atoms with Gasteiger partial charge in [0.25, 0.3) is 0 Å². The summed E-state index contributed by atoms with van der Waals surface area (Å²) in [5, 5.41) is 0. The molecule has 0 bridgehead atoms. The fourth-order valence-electron chi connectivity index (χ4n) is 7.83. The van der Waals surface area contributed by atoms with Crippen LogP contribution < -0.4 is 0 Å². The molecule has 0 aliphatic heterocycles. The van der Waals surface area contributed by atoms with Crippen molar-refractivity contribution in [3.8, 4) is 0 Å². The second kappa shape index (κ2) is 53.0. The number of unbranched alkanes of at least 4 members (excludes halogenated alkanes) is 32. The highest BCUT2D eigenvalue weighted by Gasteiger charge is 2.19. The largest absolute Gasteiger partial charge is 0.462 e. The average molecular weight is 897 g/mol. The van der Waals surface area contributed by atoms with Gasteiger partial charge in [-0.2, -0.15) is 0 Å². The summed E-state index contributed by atoms with van der Waals surface area (Å²) in [4.78, 5) is 38.0. The summed E-state index contributed by atoms with van der Waals surface area (Å²) in [6.07, 6.45) is 63.8. The minimum Gasteiger partial charge on any atom is -0.462 e. The van der Waals surface area contributed by atoms with Gasteiger partial charge in [-0.1, -0.05) is 217 Å². The Morgan fingerprint density at radius 1 is 0.312 bits per heavy atom. The molecule has 6 heteroatoms. The highest BCUT2D eigenvalue weighted by atomic mass is 16.6. The van der Waals surface area contributed by atoms with Crippen LogP contribution >= 0.6 is 0 Å². The number of carbonyl (C=O) groups is 3. The summed E-state index contributed by atoms with van der Waals surface area (Å²) < 4.78 is 16.8. The maximum absolute atomic E-state index is 12.8. The molecular weight excluding hydrogens is 793 g/mol. The monoisotopic (exact) mass is 897 g/mol. The third-order valence-electron chi connectivity index (χ3n) is 12.1. The zero-order valence-corrected chi connectivity index (χ0v) is 42.6. The van der Waals surface area contributed by atoms with Crippen molar-refractivity contribution >= 4 is 17.9 Å². The molecule has 0 fully saturated rings. The van der Waals surface area contributed by atoms with Crippen molar-refractivity contribution in [1.29, 1.82) is 0 Å². The minimum absolute atomic E-state index is 0.0850. The first-order chi connectivity index (χ1) is 31.5. The van der Waals surface area contributed by atoms with Gasteiger partial charge in [0.1, 0.15) is 13.2 Å². The van der Waals surface area contributed by atoms with Gasteiger partial charge in [-0.25, -0.2) is 0 Å². The first kappa shape index (κ1) is 61.4. The van der Waals surface area contributed by atoms with Gasteiger partial charge in [-0.3, -0.25) is 14.4 Å². The second-order valence-corrected chi connectivity index (χ2v) is 18.5. The molecule has 0 aliphatic carbocycles. The molecule has 0 aliphatic rings. The summed E-state index contributed by atoms with van der Waals surface area (Å²) in [6.45, 7) is 6.60. The van der Waals surface area contributed by atoms with Gasteiger partial charge < -0.3 is 14.2 Å². The fourth-order valence-corrected chi connectivity index (χ4v) is 7.83. The Balaban J connectivity index is 4.39.